The minimum absolute atomic E-state index is 0.0633. The number of hydrogen-bond donors (Lipinski definition) is 2. The van der Waals surface area contributed by atoms with Crippen LogP contribution in [-0.4, -0.2) is 79.6 Å². The van der Waals surface area contributed by atoms with Gasteiger partial charge in [-0.15, -0.1) is 0 Å². The van der Waals surface area contributed by atoms with Crippen molar-refractivity contribution >= 4 is 17.8 Å². The molecule has 2 unspecified atom stereocenters. The summed E-state index contributed by atoms with van der Waals surface area (Å²) >= 11 is 0. The average Bonchev–Trinajstić information content (AvgIpc) is 3.49. The lowest BCUT2D eigenvalue weighted by molar-refractivity contribution is -0.154. The Morgan fingerprint density at radius 1 is 0.761 bits per heavy atom. The van der Waals surface area contributed by atoms with E-state index in [-0.39, 0.29) is 44.4 Å². The number of aliphatic hydroxyl groups is 1. The number of methoxy groups -OCH3 is 2. The minimum atomic E-state index is -1.10. The number of unbranched alkanes of at least 4 members (excludes halogenated alkanes) is 2. The summed E-state index contributed by atoms with van der Waals surface area (Å²) in [5.74, 6) is -0.777. The zero-order valence-corrected chi connectivity index (χ0v) is 26.4. The van der Waals surface area contributed by atoms with Gasteiger partial charge in [0, 0.05) is 25.5 Å². The van der Waals surface area contributed by atoms with Crippen LogP contribution >= 0.6 is 0 Å². The van der Waals surface area contributed by atoms with E-state index in [2.05, 4.69) is 0 Å². The van der Waals surface area contributed by atoms with Crippen molar-refractivity contribution in [2.75, 3.05) is 40.5 Å². The first-order chi connectivity index (χ1) is 22.3. The van der Waals surface area contributed by atoms with Crippen molar-refractivity contribution in [3.8, 4) is 11.5 Å². The zero-order chi connectivity index (χ0) is 32.9. The van der Waals surface area contributed by atoms with Crippen LogP contribution in [0.25, 0.3) is 0 Å². The smallest absolute Gasteiger partial charge is 0.306 e. The van der Waals surface area contributed by atoms with Gasteiger partial charge in [-0.05, 0) is 53.8 Å². The number of benzene rings is 3. The van der Waals surface area contributed by atoms with Crippen molar-refractivity contribution in [1.29, 1.82) is 0 Å². The second-order valence-electron chi connectivity index (χ2n) is 11.3. The van der Waals surface area contributed by atoms with Gasteiger partial charge in [0.25, 0.3) is 0 Å². The summed E-state index contributed by atoms with van der Waals surface area (Å²) in [5.41, 5.74) is 1.46. The highest BCUT2D eigenvalue weighted by molar-refractivity contribution is 5.78. The molecule has 46 heavy (non-hydrogen) atoms. The third-order valence-electron chi connectivity index (χ3n) is 8.30. The number of hydrogen-bond acceptors (Lipinski definition) is 8. The Kier molecular flexibility index (Phi) is 12.6. The van der Waals surface area contributed by atoms with E-state index >= 15 is 0 Å². The number of carbonyl (C=O) groups excluding carboxylic acids is 2. The number of nitrogens with zero attached hydrogens (tertiary/aromatic N) is 1. The fourth-order valence-corrected chi connectivity index (χ4v) is 5.80. The largest absolute Gasteiger partial charge is 0.497 e. The monoisotopic (exact) mass is 633 g/mol. The van der Waals surface area contributed by atoms with E-state index in [1.54, 1.807) is 19.1 Å². The summed E-state index contributed by atoms with van der Waals surface area (Å²) in [5, 5.41) is 18.2. The fourth-order valence-electron chi connectivity index (χ4n) is 5.80. The summed E-state index contributed by atoms with van der Waals surface area (Å²) in [6.45, 7) is 0.705. The highest BCUT2D eigenvalue weighted by Crippen LogP contribution is 2.42. The molecule has 2 atom stereocenters. The maximum Gasteiger partial charge on any atom is 0.306 e. The first kappa shape index (κ1) is 34.5. The van der Waals surface area contributed by atoms with Gasteiger partial charge in [0.15, 0.2) is 0 Å². The molecule has 1 aliphatic rings. The summed E-state index contributed by atoms with van der Waals surface area (Å²) in [7, 11) is 3.22. The molecule has 246 valence electrons. The van der Waals surface area contributed by atoms with Gasteiger partial charge < -0.3 is 34.1 Å². The van der Waals surface area contributed by atoms with E-state index in [0.29, 0.717) is 37.3 Å². The molecule has 2 N–H and O–H groups in total. The molecule has 0 spiro atoms. The number of aliphatic hydroxyl groups excluding tert-OH is 1. The molecule has 1 aliphatic heterocycles. The van der Waals surface area contributed by atoms with Crippen molar-refractivity contribution < 1.29 is 43.5 Å². The third kappa shape index (κ3) is 8.64. The lowest BCUT2D eigenvalue weighted by Gasteiger charge is -2.37. The second kappa shape index (κ2) is 16.8. The molecule has 1 fully saturated rings. The van der Waals surface area contributed by atoms with Crippen molar-refractivity contribution in [2.45, 2.75) is 50.2 Å². The highest BCUT2D eigenvalue weighted by atomic mass is 16.6. The summed E-state index contributed by atoms with van der Waals surface area (Å²) < 4.78 is 23.7. The van der Waals surface area contributed by atoms with Crippen LogP contribution in [0.2, 0.25) is 0 Å². The molecule has 0 radical (unpaired) electrons. The number of ether oxygens (including phenoxy) is 4. The van der Waals surface area contributed by atoms with Crippen molar-refractivity contribution in [3.05, 3.63) is 95.6 Å². The Hall–Kier alpha value is -4.41. The van der Waals surface area contributed by atoms with Crippen molar-refractivity contribution in [3.63, 3.8) is 0 Å². The van der Waals surface area contributed by atoms with Crippen molar-refractivity contribution in [2.24, 2.45) is 5.92 Å². The first-order valence-electron chi connectivity index (χ1n) is 15.6. The van der Waals surface area contributed by atoms with Gasteiger partial charge in [-0.2, -0.15) is 0 Å². The molecule has 1 amide bonds. The molecule has 10 heteroatoms. The number of carboxylic acid groups (broad SMARTS) is 1. The van der Waals surface area contributed by atoms with Gasteiger partial charge in [0.2, 0.25) is 5.91 Å². The predicted molar refractivity (Wildman–Crippen MR) is 171 cm³/mol. The molecule has 1 saturated heterocycles. The van der Waals surface area contributed by atoms with Gasteiger partial charge in [-0.3, -0.25) is 14.4 Å². The molecule has 3 aromatic carbocycles. The SMILES string of the molecule is COc1ccc(C(OCC2CN(C(=O)CCCCCO)CC2OC(=O)CCC(=O)O)(c2ccccc2)c2ccc(OC)cc2)cc1. The van der Waals surface area contributed by atoms with Crippen LogP contribution < -0.4 is 9.47 Å². The van der Waals surface area contributed by atoms with Gasteiger partial charge in [-0.1, -0.05) is 61.0 Å². The fraction of sp³-hybridized carbons (Fsp3) is 0.417. The zero-order valence-electron chi connectivity index (χ0n) is 26.4. The summed E-state index contributed by atoms with van der Waals surface area (Å²) in [6, 6.07) is 25.1. The Morgan fingerprint density at radius 2 is 1.35 bits per heavy atom. The van der Waals surface area contributed by atoms with Crippen LogP contribution in [0.4, 0.5) is 0 Å². The number of likely N-dealkylation sites (tertiary alicyclic amines) is 1. The maximum atomic E-state index is 13.2. The van der Waals surface area contributed by atoms with Crippen LogP contribution in [0.15, 0.2) is 78.9 Å². The van der Waals surface area contributed by atoms with E-state index in [0.717, 1.165) is 23.1 Å². The minimum Gasteiger partial charge on any atom is -0.497 e. The van der Waals surface area contributed by atoms with Crippen LogP contribution in [-0.2, 0) is 29.5 Å². The molecule has 1 heterocycles. The van der Waals surface area contributed by atoms with Crippen LogP contribution in [0.5, 0.6) is 11.5 Å². The Balaban J connectivity index is 1.69. The Morgan fingerprint density at radius 3 is 1.89 bits per heavy atom. The van der Waals surface area contributed by atoms with Crippen molar-refractivity contribution in [1.82, 2.24) is 4.90 Å². The Labute approximate surface area is 269 Å². The summed E-state index contributed by atoms with van der Waals surface area (Å²) in [4.78, 5) is 38.6. The second-order valence-corrected chi connectivity index (χ2v) is 11.3. The first-order valence-corrected chi connectivity index (χ1v) is 15.6. The number of carboxylic acids is 1. The average molecular weight is 634 g/mol. The molecule has 10 nitrogen and oxygen atoms in total. The maximum absolute atomic E-state index is 13.2. The third-order valence-corrected chi connectivity index (χ3v) is 8.30. The molecule has 3 aromatic rings. The standard InChI is InChI=1S/C36H43NO9/c1-43-30-16-12-28(13-17-30)36(27-9-5-3-6-10-27,29-14-18-31(44-2)19-15-29)45-25-26-23-37(33(39)11-7-4-8-22-38)24-32(26)46-35(42)21-20-34(40)41/h3,5-6,9-10,12-19,26,32,38H,4,7-8,11,20-25H2,1-2H3,(H,40,41). The van der Waals surface area contributed by atoms with Crippen LogP contribution in [0.1, 0.15) is 55.2 Å². The number of rotatable bonds is 17. The molecule has 4 rings (SSSR count). The van der Waals surface area contributed by atoms with Gasteiger partial charge >= 0.3 is 11.9 Å². The Bertz CT molecular complexity index is 1360. The van der Waals surface area contributed by atoms with E-state index in [1.807, 2.05) is 78.9 Å². The van der Waals surface area contributed by atoms with Gasteiger partial charge in [0.1, 0.15) is 23.2 Å². The van der Waals surface area contributed by atoms with E-state index in [1.165, 1.54) is 0 Å². The topological polar surface area (TPSA) is 132 Å². The molecular formula is C36H43NO9. The highest BCUT2D eigenvalue weighted by Gasteiger charge is 2.43. The molecule has 0 aromatic heterocycles. The molecule has 0 saturated carbocycles. The van der Waals surface area contributed by atoms with Crippen LogP contribution in [0.3, 0.4) is 0 Å². The molecular weight excluding hydrogens is 590 g/mol. The lowest BCUT2D eigenvalue weighted by atomic mass is 9.80. The quantitative estimate of drug-likeness (QED) is 0.122. The number of aliphatic carboxylic acids is 1. The predicted octanol–water partition coefficient (Wildman–Crippen LogP) is 4.80. The number of esters is 1. The van der Waals surface area contributed by atoms with Gasteiger partial charge in [-0.25, -0.2) is 0 Å². The van der Waals surface area contributed by atoms with E-state index in [4.69, 9.17) is 29.2 Å². The van der Waals surface area contributed by atoms with Gasteiger partial charge in [0.05, 0.1) is 40.2 Å². The molecule has 0 bridgehead atoms. The van der Waals surface area contributed by atoms with Crippen LogP contribution in [0, 0.1) is 5.92 Å². The number of amides is 1. The van der Waals surface area contributed by atoms with E-state index < -0.39 is 23.6 Å². The van der Waals surface area contributed by atoms with E-state index in [9.17, 15) is 14.4 Å². The molecule has 0 aliphatic carbocycles. The lowest BCUT2D eigenvalue weighted by Crippen LogP contribution is -2.37. The number of carbonyl (C=O) groups is 3. The summed E-state index contributed by atoms with van der Waals surface area (Å²) in [6.07, 6.45) is 1.05. The normalized spacial score (nSPS) is 16.2.